The van der Waals surface area contributed by atoms with Crippen LogP contribution in [0.3, 0.4) is 0 Å². The summed E-state index contributed by atoms with van der Waals surface area (Å²) < 4.78 is 0. The van der Waals surface area contributed by atoms with Gasteiger partial charge in [0.25, 0.3) is 0 Å². The van der Waals surface area contributed by atoms with E-state index in [-0.39, 0.29) is 0 Å². The van der Waals surface area contributed by atoms with Crippen molar-refractivity contribution < 1.29 is 0 Å². The number of hydrogen-bond donors (Lipinski definition) is 0. The van der Waals surface area contributed by atoms with Crippen LogP contribution in [-0.4, -0.2) is 25.0 Å². The van der Waals surface area contributed by atoms with Gasteiger partial charge in [0.1, 0.15) is 0 Å². The van der Waals surface area contributed by atoms with E-state index < -0.39 is 0 Å². The van der Waals surface area contributed by atoms with E-state index in [2.05, 4.69) is 12.6 Å². The molecule has 2 heteroatoms. The molecule has 0 aliphatic heterocycles. The fourth-order valence-electron chi connectivity index (χ4n) is 0.581. The molecule has 0 amide bonds. The Morgan fingerprint density at radius 2 is 2.30 bits per heavy atom. The molecule has 0 aromatic heterocycles. The van der Waals surface area contributed by atoms with Gasteiger partial charge in [-0.1, -0.05) is 5.57 Å². The molecule has 0 unspecified atom stereocenters. The van der Waals surface area contributed by atoms with Gasteiger partial charge < -0.3 is 0 Å². The lowest BCUT2D eigenvalue weighted by Crippen LogP contribution is -2.19. The van der Waals surface area contributed by atoms with Crippen LogP contribution in [0.1, 0.15) is 13.3 Å². The summed E-state index contributed by atoms with van der Waals surface area (Å²) in [4.78, 5) is 1.98. The van der Waals surface area contributed by atoms with Crippen molar-refractivity contribution in [3.8, 4) is 6.07 Å². The van der Waals surface area contributed by atoms with Crippen molar-refractivity contribution >= 4 is 0 Å². The van der Waals surface area contributed by atoms with E-state index in [0.29, 0.717) is 6.54 Å². The first-order chi connectivity index (χ1) is 4.66. The molecule has 0 radical (unpaired) electrons. The summed E-state index contributed by atoms with van der Waals surface area (Å²) in [5, 5.41) is 8.29. The summed E-state index contributed by atoms with van der Waals surface area (Å²) >= 11 is 0. The highest BCUT2D eigenvalue weighted by atomic mass is 15.1. The van der Waals surface area contributed by atoms with Gasteiger partial charge >= 0.3 is 0 Å². The molecule has 10 heavy (non-hydrogen) atoms. The first-order valence-corrected chi connectivity index (χ1v) is 3.36. The standard InChI is InChI=1S/C8H14N2/c1-8(2)4-6-10(3)7-5-9/h1,4,6-7H2,2-3H3. The molecule has 0 spiro atoms. The molecule has 0 heterocycles. The Morgan fingerprint density at radius 3 is 2.70 bits per heavy atom. The summed E-state index contributed by atoms with van der Waals surface area (Å²) in [6.45, 7) is 7.22. The van der Waals surface area contributed by atoms with Crippen LogP contribution < -0.4 is 0 Å². The van der Waals surface area contributed by atoms with Crippen LogP contribution in [0.2, 0.25) is 0 Å². The first-order valence-electron chi connectivity index (χ1n) is 3.36. The SMILES string of the molecule is C=C(C)CCN(C)CC#N. The fourth-order valence-corrected chi connectivity index (χ4v) is 0.581. The average molecular weight is 138 g/mol. The summed E-state index contributed by atoms with van der Waals surface area (Å²) in [5.41, 5.74) is 1.17. The van der Waals surface area contributed by atoms with Gasteiger partial charge in [0.2, 0.25) is 0 Å². The average Bonchev–Trinajstić information content (AvgIpc) is 1.85. The highest BCUT2D eigenvalue weighted by Gasteiger charge is 1.94. The number of nitriles is 1. The van der Waals surface area contributed by atoms with E-state index in [1.54, 1.807) is 0 Å². The Labute approximate surface area is 62.8 Å². The topological polar surface area (TPSA) is 27.0 Å². The van der Waals surface area contributed by atoms with Crippen LogP contribution in [-0.2, 0) is 0 Å². The summed E-state index contributed by atoms with van der Waals surface area (Å²) in [6.07, 6.45) is 0.984. The zero-order chi connectivity index (χ0) is 7.98. The van der Waals surface area contributed by atoms with Gasteiger partial charge in [-0.2, -0.15) is 5.26 Å². The summed E-state index contributed by atoms with van der Waals surface area (Å²) in [5.74, 6) is 0. The van der Waals surface area contributed by atoms with E-state index >= 15 is 0 Å². The molecular formula is C8H14N2. The van der Waals surface area contributed by atoms with Crippen LogP contribution in [0.15, 0.2) is 12.2 Å². The highest BCUT2D eigenvalue weighted by molar-refractivity contribution is 4.89. The minimum atomic E-state index is 0.507. The van der Waals surface area contributed by atoms with Crippen LogP contribution in [0, 0.1) is 11.3 Å². The maximum atomic E-state index is 8.29. The second-order valence-corrected chi connectivity index (χ2v) is 2.60. The van der Waals surface area contributed by atoms with Gasteiger partial charge in [0.15, 0.2) is 0 Å². The largest absolute Gasteiger partial charge is 0.293 e. The predicted octanol–water partition coefficient (Wildman–Crippen LogP) is 1.41. The van der Waals surface area contributed by atoms with E-state index in [4.69, 9.17) is 5.26 Å². The maximum Gasteiger partial charge on any atom is 0.0863 e. The summed E-state index contributed by atoms with van der Waals surface area (Å²) in [7, 11) is 1.94. The Kier molecular flexibility index (Phi) is 4.61. The van der Waals surface area contributed by atoms with Crippen LogP contribution in [0.5, 0.6) is 0 Å². The molecule has 2 nitrogen and oxygen atoms in total. The van der Waals surface area contributed by atoms with Gasteiger partial charge in [0.05, 0.1) is 12.6 Å². The molecule has 0 N–H and O–H groups in total. The second-order valence-electron chi connectivity index (χ2n) is 2.60. The van der Waals surface area contributed by atoms with E-state index in [0.717, 1.165) is 13.0 Å². The van der Waals surface area contributed by atoms with Crippen molar-refractivity contribution in [2.75, 3.05) is 20.1 Å². The molecule has 0 saturated carbocycles. The zero-order valence-corrected chi connectivity index (χ0v) is 6.72. The lowest BCUT2D eigenvalue weighted by atomic mass is 10.2. The minimum absolute atomic E-state index is 0.507. The minimum Gasteiger partial charge on any atom is -0.293 e. The van der Waals surface area contributed by atoms with Crippen LogP contribution >= 0.6 is 0 Å². The quantitative estimate of drug-likeness (QED) is 0.434. The lowest BCUT2D eigenvalue weighted by molar-refractivity contribution is 0.379. The van der Waals surface area contributed by atoms with Crippen molar-refractivity contribution in [1.29, 1.82) is 5.26 Å². The molecular weight excluding hydrogens is 124 g/mol. The van der Waals surface area contributed by atoms with Gasteiger partial charge in [-0.05, 0) is 20.4 Å². The van der Waals surface area contributed by atoms with Gasteiger partial charge in [0, 0.05) is 6.54 Å². The van der Waals surface area contributed by atoms with Crippen molar-refractivity contribution in [2.24, 2.45) is 0 Å². The first kappa shape index (κ1) is 9.19. The van der Waals surface area contributed by atoms with Crippen molar-refractivity contribution in [3.05, 3.63) is 12.2 Å². The Hall–Kier alpha value is -0.810. The molecule has 0 aliphatic rings. The normalized spacial score (nSPS) is 9.40. The highest BCUT2D eigenvalue weighted by Crippen LogP contribution is 1.95. The number of rotatable bonds is 4. The molecule has 0 saturated heterocycles. The predicted molar refractivity (Wildman–Crippen MR) is 42.5 cm³/mol. The molecule has 0 aromatic rings. The van der Waals surface area contributed by atoms with Gasteiger partial charge in [-0.3, -0.25) is 4.90 Å². The Morgan fingerprint density at radius 1 is 1.70 bits per heavy atom. The molecule has 0 rings (SSSR count). The van der Waals surface area contributed by atoms with Crippen molar-refractivity contribution in [3.63, 3.8) is 0 Å². The van der Waals surface area contributed by atoms with E-state index in [1.165, 1.54) is 5.57 Å². The van der Waals surface area contributed by atoms with E-state index in [1.807, 2.05) is 18.9 Å². The van der Waals surface area contributed by atoms with Gasteiger partial charge in [-0.25, -0.2) is 0 Å². The third-order valence-electron chi connectivity index (χ3n) is 1.26. The Balaban J connectivity index is 3.32. The third-order valence-corrected chi connectivity index (χ3v) is 1.26. The molecule has 0 bridgehead atoms. The molecule has 0 aliphatic carbocycles. The van der Waals surface area contributed by atoms with E-state index in [9.17, 15) is 0 Å². The third kappa shape index (κ3) is 5.33. The van der Waals surface area contributed by atoms with Crippen LogP contribution in [0.4, 0.5) is 0 Å². The lowest BCUT2D eigenvalue weighted by Gasteiger charge is -2.10. The van der Waals surface area contributed by atoms with Crippen LogP contribution in [0.25, 0.3) is 0 Å². The number of nitrogens with zero attached hydrogens (tertiary/aromatic N) is 2. The zero-order valence-electron chi connectivity index (χ0n) is 6.72. The Bertz CT molecular complexity index is 144. The molecule has 0 aromatic carbocycles. The smallest absolute Gasteiger partial charge is 0.0863 e. The fraction of sp³-hybridized carbons (Fsp3) is 0.625. The maximum absolute atomic E-state index is 8.29. The summed E-state index contributed by atoms with van der Waals surface area (Å²) in [6, 6.07) is 2.09. The second kappa shape index (κ2) is 5.01. The molecule has 0 atom stereocenters. The monoisotopic (exact) mass is 138 g/mol. The van der Waals surface area contributed by atoms with Crippen molar-refractivity contribution in [2.45, 2.75) is 13.3 Å². The van der Waals surface area contributed by atoms with Crippen molar-refractivity contribution in [1.82, 2.24) is 4.90 Å². The molecule has 56 valence electrons. The molecule has 0 fully saturated rings. The van der Waals surface area contributed by atoms with Gasteiger partial charge in [-0.15, -0.1) is 6.58 Å². The number of hydrogen-bond acceptors (Lipinski definition) is 2.